The molecule has 5 nitrogen and oxygen atoms in total. The summed E-state index contributed by atoms with van der Waals surface area (Å²) in [4.78, 5) is 36.8. The van der Waals surface area contributed by atoms with Crippen LogP contribution in [0.15, 0.2) is 24.3 Å². The first-order valence-electron chi connectivity index (χ1n) is 6.03. The first-order chi connectivity index (χ1) is 9.09. The molecule has 2 unspecified atom stereocenters. The highest BCUT2D eigenvalue weighted by molar-refractivity contribution is 7.80. The Hall–Kier alpha value is -1.82. The molecule has 1 fully saturated rings. The van der Waals surface area contributed by atoms with Gasteiger partial charge in [-0.1, -0.05) is 18.2 Å². The highest BCUT2D eigenvalue weighted by Gasteiger charge is 2.43. The quantitative estimate of drug-likeness (QED) is 0.591. The summed E-state index contributed by atoms with van der Waals surface area (Å²) in [5, 5.41) is 1.83. The molecule has 2 heterocycles. The number of nitrogens with zero attached hydrogens (tertiary/aromatic N) is 1. The third-order valence-corrected chi connectivity index (χ3v) is 4.04. The van der Waals surface area contributed by atoms with Crippen molar-refractivity contribution in [1.29, 1.82) is 0 Å². The van der Waals surface area contributed by atoms with Crippen LogP contribution in [0.5, 0.6) is 0 Å². The van der Waals surface area contributed by atoms with Crippen LogP contribution in [0.1, 0.15) is 34.1 Å². The van der Waals surface area contributed by atoms with E-state index in [0.29, 0.717) is 12.0 Å². The van der Waals surface area contributed by atoms with E-state index in [2.05, 4.69) is 17.9 Å². The smallest absolute Gasteiger partial charge is 0.256 e. The number of amides is 3. The van der Waals surface area contributed by atoms with Crippen LogP contribution in [-0.4, -0.2) is 28.7 Å². The fraction of sp³-hybridized carbons (Fsp3) is 0.308. The molecule has 0 radical (unpaired) electrons. The molecular weight excluding hydrogens is 264 g/mol. The lowest BCUT2D eigenvalue weighted by atomic mass is 10.0. The number of hydrogen-bond donors (Lipinski definition) is 2. The second kappa shape index (κ2) is 4.38. The Morgan fingerprint density at radius 1 is 1.21 bits per heavy atom. The van der Waals surface area contributed by atoms with Gasteiger partial charge in [-0.05, 0) is 18.1 Å². The molecule has 1 saturated heterocycles. The van der Waals surface area contributed by atoms with Gasteiger partial charge in [-0.3, -0.25) is 19.7 Å². The van der Waals surface area contributed by atoms with E-state index in [4.69, 9.17) is 0 Å². The fourth-order valence-corrected chi connectivity index (χ4v) is 3.07. The first kappa shape index (κ1) is 12.2. The van der Waals surface area contributed by atoms with Crippen molar-refractivity contribution in [3.8, 4) is 0 Å². The molecule has 0 aromatic heterocycles. The molecule has 0 aliphatic carbocycles. The molecule has 1 aromatic carbocycles. The van der Waals surface area contributed by atoms with Crippen molar-refractivity contribution in [2.24, 2.45) is 0 Å². The van der Waals surface area contributed by atoms with Crippen molar-refractivity contribution in [1.82, 2.24) is 10.2 Å². The SMILES string of the molecule is O=C1CCC(N2C(=O)c3ccccc3C2S)C(=O)N1. The summed E-state index contributed by atoms with van der Waals surface area (Å²) in [6, 6.07) is 6.55. The molecular formula is C13H12N2O3S. The molecule has 2 atom stereocenters. The largest absolute Gasteiger partial charge is 0.311 e. The number of imide groups is 1. The lowest BCUT2D eigenvalue weighted by Crippen LogP contribution is -2.53. The Morgan fingerprint density at radius 3 is 2.63 bits per heavy atom. The summed E-state index contributed by atoms with van der Waals surface area (Å²) in [7, 11) is 0. The third kappa shape index (κ3) is 1.83. The molecule has 6 heteroatoms. The lowest BCUT2D eigenvalue weighted by Gasteiger charge is -2.32. The van der Waals surface area contributed by atoms with E-state index in [9.17, 15) is 14.4 Å². The number of carbonyl (C=O) groups is 3. The molecule has 1 N–H and O–H groups in total. The number of carbonyl (C=O) groups excluding carboxylic acids is 3. The van der Waals surface area contributed by atoms with Crippen molar-refractivity contribution in [2.45, 2.75) is 24.3 Å². The van der Waals surface area contributed by atoms with Gasteiger partial charge in [0.1, 0.15) is 11.4 Å². The van der Waals surface area contributed by atoms with Crippen molar-refractivity contribution in [3.63, 3.8) is 0 Å². The molecule has 19 heavy (non-hydrogen) atoms. The third-order valence-electron chi connectivity index (χ3n) is 3.51. The average Bonchev–Trinajstić information content (AvgIpc) is 2.64. The van der Waals surface area contributed by atoms with Gasteiger partial charge in [0, 0.05) is 12.0 Å². The minimum absolute atomic E-state index is 0.204. The van der Waals surface area contributed by atoms with Crippen LogP contribution in [0, 0.1) is 0 Å². The Kier molecular flexibility index (Phi) is 2.82. The zero-order chi connectivity index (χ0) is 13.6. The average molecular weight is 276 g/mol. The summed E-state index contributed by atoms with van der Waals surface area (Å²) in [5.41, 5.74) is 1.38. The van der Waals surface area contributed by atoms with E-state index >= 15 is 0 Å². The number of benzene rings is 1. The maximum Gasteiger partial charge on any atom is 0.256 e. The lowest BCUT2D eigenvalue weighted by molar-refractivity contribution is -0.136. The van der Waals surface area contributed by atoms with Gasteiger partial charge in [0.2, 0.25) is 11.8 Å². The molecule has 3 rings (SSSR count). The standard InChI is InChI=1S/C13H12N2O3S/c16-10-6-5-9(11(17)14-10)15-12(18)7-3-1-2-4-8(7)13(15)19/h1-4,9,13,19H,5-6H2,(H,14,16,17). The number of rotatable bonds is 1. The fourth-order valence-electron chi connectivity index (χ4n) is 2.58. The number of fused-ring (bicyclic) bond motifs is 1. The zero-order valence-corrected chi connectivity index (χ0v) is 10.9. The second-order valence-corrected chi connectivity index (χ2v) is 5.13. The van der Waals surface area contributed by atoms with Gasteiger partial charge in [0.05, 0.1) is 0 Å². The molecule has 1 aromatic rings. The number of thiol groups is 1. The molecule has 0 saturated carbocycles. The molecule has 2 aliphatic rings. The Morgan fingerprint density at radius 2 is 1.95 bits per heavy atom. The minimum Gasteiger partial charge on any atom is -0.311 e. The van der Waals surface area contributed by atoms with Gasteiger partial charge in [-0.25, -0.2) is 0 Å². The summed E-state index contributed by atoms with van der Waals surface area (Å²) in [6.07, 6.45) is 0.596. The van der Waals surface area contributed by atoms with E-state index in [-0.39, 0.29) is 18.2 Å². The number of hydrogen-bond acceptors (Lipinski definition) is 4. The summed E-state index contributed by atoms with van der Waals surface area (Å²) < 4.78 is 0. The van der Waals surface area contributed by atoms with Crippen LogP contribution in [0.2, 0.25) is 0 Å². The van der Waals surface area contributed by atoms with Gasteiger partial charge in [-0.15, -0.1) is 12.6 Å². The maximum absolute atomic E-state index is 12.3. The number of nitrogens with one attached hydrogen (secondary N) is 1. The number of piperidine rings is 1. The predicted octanol–water partition coefficient (Wildman–Crippen LogP) is 0.876. The van der Waals surface area contributed by atoms with Crippen LogP contribution in [-0.2, 0) is 9.59 Å². The van der Waals surface area contributed by atoms with Crippen molar-refractivity contribution < 1.29 is 14.4 Å². The maximum atomic E-state index is 12.3. The van der Waals surface area contributed by atoms with Crippen LogP contribution >= 0.6 is 12.6 Å². The van der Waals surface area contributed by atoms with E-state index in [1.165, 1.54) is 4.90 Å². The monoisotopic (exact) mass is 276 g/mol. The van der Waals surface area contributed by atoms with Crippen LogP contribution < -0.4 is 5.32 Å². The molecule has 0 spiro atoms. The van der Waals surface area contributed by atoms with Gasteiger partial charge in [0.25, 0.3) is 5.91 Å². The van der Waals surface area contributed by atoms with Crippen molar-refractivity contribution >= 4 is 30.4 Å². The van der Waals surface area contributed by atoms with E-state index in [0.717, 1.165) is 5.56 Å². The molecule has 3 amide bonds. The summed E-state index contributed by atoms with van der Waals surface area (Å²) >= 11 is 4.44. The molecule has 0 bridgehead atoms. The van der Waals surface area contributed by atoms with Crippen LogP contribution in [0.25, 0.3) is 0 Å². The first-order valence-corrected chi connectivity index (χ1v) is 6.54. The van der Waals surface area contributed by atoms with Gasteiger partial charge < -0.3 is 4.90 Å². The summed E-state index contributed by atoms with van der Waals surface area (Å²) in [5.74, 6) is -0.914. The summed E-state index contributed by atoms with van der Waals surface area (Å²) in [6.45, 7) is 0. The van der Waals surface area contributed by atoms with Crippen molar-refractivity contribution in [2.75, 3.05) is 0 Å². The van der Waals surface area contributed by atoms with Gasteiger partial charge in [-0.2, -0.15) is 0 Å². The van der Waals surface area contributed by atoms with Crippen LogP contribution in [0.4, 0.5) is 0 Å². The normalized spacial score (nSPS) is 26.4. The van der Waals surface area contributed by atoms with Gasteiger partial charge in [0.15, 0.2) is 0 Å². The minimum atomic E-state index is -0.625. The zero-order valence-electron chi connectivity index (χ0n) is 10.00. The molecule has 2 aliphatic heterocycles. The highest BCUT2D eigenvalue weighted by atomic mass is 32.1. The van der Waals surface area contributed by atoms with Crippen LogP contribution in [0.3, 0.4) is 0 Å². The van der Waals surface area contributed by atoms with E-state index < -0.39 is 17.3 Å². The highest BCUT2D eigenvalue weighted by Crippen LogP contribution is 2.38. The predicted molar refractivity (Wildman–Crippen MR) is 70.5 cm³/mol. The van der Waals surface area contributed by atoms with E-state index in [1.807, 2.05) is 12.1 Å². The molecule has 98 valence electrons. The Bertz CT molecular complexity index is 587. The Balaban J connectivity index is 1.94. The Labute approximate surface area is 115 Å². The van der Waals surface area contributed by atoms with Crippen molar-refractivity contribution in [3.05, 3.63) is 35.4 Å². The topological polar surface area (TPSA) is 66.5 Å². The van der Waals surface area contributed by atoms with E-state index in [1.54, 1.807) is 12.1 Å². The van der Waals surface area contributed by atoms with Gasteiger partial charge >= 0.3 is 0 Å². The second-order valence-electron chi connectivity index (χ2n) is 4.64.